The molecule has 0 aromatic rings. The summed E-state index contributed by atoms with van der Waals surface area (Å²) >= 11 is 0. The predicted octanol–water partition coefficient (Wildman–Crippen LogP) is -1.24. The normalized spacial score (nSPS) is 40.9. The number of amides is 1. The number of nitrogens with one attached hydrogen (secondary N) is 1. The number of rotatable bonds is 2. The maximum Gasteiger partial charge on any atom is 0.233 e. The van der Waals surface area contributed by atoms with Crippen molar-refractivity contribution in [1.29, 1.82) is 0 Å². The summed E-state index contributed by atoms with van der Waals surface area (Å²) in [5, 5.41) is 23.4. The van der Waals surface area contributed by atoms with Crippen LogP contribution in [0.15, 0.2) is 5.18 Å². The molecule has 2 aliphatic heterocycles. The summed E-state index contributed by atoms with van der Waals surface area (Å²) in [5.74, 6) is -0.285. The second kappa shape index (κ2) is 4.78. The van der Waals surface area contributed by atoms with Gasteiger partial charge in [-0.1, -0.05) is 5.18 Å². The van der Waals surface area contributed by atoms with E-state index in [-0.39, 0.29) is 5.91 Å². The van der Waals surface area contributed by atoms with Gasteiger partial charge in [-0.15, -0.1) is 0 Å². The van der Waals surface area contributed by atoms with E-state index < -0.39 is 42.5 Å². The molecule has 2 saturated heterocycles. The van der Waals surface area contributed by atoms with Crippen LogP contribution in [-0.2, 0) is 9.53 Å². The van der Waals surface area contributed by atoms with E-state index in [4.69, 9.17) is 4.74 Å². The lowest BCUT2D eigenvalue weighted by atomic mass is 9.84. The van der Waals surface area contributed by atoms with Crippen LogP contribution < -0.4 is 5.43 Å². The average Bonchev–Trinajstić information content (AvgIpc) is 2.61. The topological polar surface area (TPSA) is 111 Å². The Hall–Kier alpha value is -1.09. The lowest BCUT2D eigenvalue weighted by molar-refractivity contribution is -0.168. The van der Waals surface area contributed by atoms with Gasteiger partial charge in [0.15, 0.2) is 0 Å². The van der Waals surface area contributed by atoms with Gasteiger partial charge in [-0.3, -0.25) is 9.80 Å². The Morgan fingerprint density at radius 1 is 1.53 bits per heavy atom. The van der Waals surface area contributed by atoms with Gasteiger partial charge in [0.1, 0.15) is 30.4 Å². The van der Waals surface area contributed by atoms with Crippen molar-refractivity contribution in [2.75, 3.05) is 6.61 Å². The average molecular weight is 273 g/mol. The van der Waals surface area contributed by atoms with E-state index in [9.17, 15) is 19.9 Å². The molecular formula is C11H19N3O5. The number of carbonyl (C=O) groups is 1. The molecular weight excluding hydrogens is 254 g/mol. The first-order chi connectivity index (χ1) is 8.83. The second-order valence-electron chi connectivity index (χ2n) is 5.58. The molecule has 0 spiro atoms. The van der Waals surface area contributed by atoms with Gasteiger partial charge in [0, 0.05) is 6.92 Å². The minimum absolute atomic E-state index is 0.285. The molecule has 0 radical (unpaired) electrons. The third-order valence-electron chi connectivity index (χ3n) is 3.77. The van der Waals surface area contributed by atoms with Crippen LogP contribution in [0.25, 0.3) is 0 Å². The molecule has 2 fully saturated rings. The van der Waals surface area contributed by atoms with Crippen LogP contribution in [0.5, 0.6) is 0 Å². The van der Waals surface area contributed by atoms with Gasteiger partial charge in [-0.25, -0.2) is 5.43 Å². The second-order valence-corrected chi connectivity index (χ2v) is 5.58. The third-order valence-corrected chi connectivity index (χ3v) is 3.77. The molecule has 1 amide bonds. The minimum atomic E-state index is -1.23. The third kappa shape index (κ3) is 2.14. The first kappa shape index (κ1) is 14.3. The highest BCUT2D eigenvalue weighted by atomic mass is 16.5. The molecule has 5 atom stereocenters. The molecule has 108 valence electrons. The minimum Gasteiger partial charge on any atom is -0.394 e. The number of nitrogens with zero attached hydrogens (tertiary/aromatic N) is 2. The summed E-state index contributed by atoms with van der Waals surface area (Å²) in [6.45, 7) is 4.59. The molecule has 3 N–H and O–H groups in total. The van der Waals surface area contributed by atoms with Crippen molar-refractivity contribution in [3.63, 3.8) is 0 Å². The van der Waals surface area contributed by atoms with E-state index in [0.29, 0.717) is 0 Å². The molecule has 2 rings (SSSR count). The van der Waals surface area contributed by atoms with Gasteiger partial charge >= 0.3 is 0 Å². The summed E-state index contributed by atoms with van der Waals surface area (Å²) in [5.41, 5.74) is 2.36. The lowest BCUT2D eigenvalue weighted by Gasteiger charge is -2.41. The van der Waals surface area contributed by atoms with Crippen LogP contribution >= 0.6 is 0 Å². The molecule has 0 aliphatic carbocycles. The Bertz CT molecular complexity index is 389. The highest BCUT2D eigenvalue weighted by molar-refractivity contribution is 5.74. The molecule has 8 heteroatoms. The number of carbonyl (C=O) groups excluding carboxylic acids is 1. The van der Waals surface area contributed by atoms with Gasteiger partial charge in [0.2, 0.25) is 5.91 Å². The van der Waals surface area contributed by atoms with Crippen LogP contribution in [0.1, 0.15) is 20.8 Å². The number of hydrogen-bond acceptors (Lipinski definition) is 7. The molecule has 2 aliphatic rings. The molecule has 5 unspecified atom stereocenters. The van der Waals surface area contributed by atoms with Crippen LogP contribution in [0, 0.1) is 4.91 Å². The SMILES string of the molecule is CC(=O)N1NC(C)(C)C2OC(CO)C(O)C(N=O)C21. The zero-order valence-corrected chi connectivity index (χ0v) is 11.1. The predicted molar refractivity (Wildman–Crippen MR) is 64.9 cm³/mol. The van der Waals surface area contributed by atoms with E-state index in [0.717, 1.165) is 0 Å². The van der Waals surface area contributed by atoms with Crippen molar-refractivity contribution < 1.29 is 19.7 Å². The Balaban J connectivity index is 2.38. The number of hydrazine groups is 1. The molecule has 2 heterocycles. The van der Waals surface area contributed by atoms with Crippen LogP contribution in [0.2, 0.25) is 0 Å². The van der Waals surface area contributed by atoms with E-state index >= 15 is 0 Å². The van der Waals surface area contributed by atoms with Crippen LogP contribution in [0.4, 0.5) is 0 Å². The maximum absolute atomic E-state index is 11.6. The Morgan fingerprint density at radius 2 is 2.16 bits per heavy atom. The molecule has 0 saturated carbocycles. The fraction of sp³-hybridized carbons (Fsp3) is 0.909. The zero-order valence-electron chi connectivity index (χ0n) is 11.1. The standard InChI is InChI=1S/C11H19N3O5/c1-5(16)14-8-7(12-18)9(17)6(4-15)19-10(8)11(2,3)13-14/h6-10,13,15,17H,4H2,1-3H3. The van der Waals surface area contributed by atoms with Gasteiger partial charge in [0.25, 0.3) is 0 Å². The quantitative estimate of drug-likeness (QED) is 0.542. The number of fused-ring (bicyclic) bond motifs is 1. The summed E-state index contributed by atoms with van der Waals surface area (Å²) in [6.07, 6.45) is -2.64. The van der Waals surface area contributed by atoms with Crippen molar-refractivity contribution in [3.05, 3.63) is 4.91 Å². The van der Waals surface area contributed by atoms with E-state index in [1.165, 1.54) is 11.9 Å². The molecule has 0 aromatic heterocycles. The largest absolute Gasteiger partial charge is 0.394 e. The first-order valence-corrected chi connectivity index (χ1v) is 6.18. The van der Waals surface area contributed by atoms with Gasteiger partial charge < -0.3 is 14.9 Å². The summed E-state index contributed by atoms with van der Waals surface area (Å²) in [6, 6.07) is -1.71. The van der Waals surface area contributed by atoms with Crippen molar-refractivity contribution in [2.24, 2.45) is 5.18 Å². The molecule has 0 bridgehead atoms. The lowest BCUT2D eigenvalue weighted by Crippen LogP contribution is -2.62. The fourth-order valence-corrected chi connectivity index (χ4v) is 2.85. The Kier molecular flexibility index (Phi) is 3.61. The van der Waals surface area contributed by atoms with E-state index in [1.54, 1.807) is 0 Å². The number of hydrogen-bond donors (Lipinski definition) is 3. The smallest absolute Gasteiger partial charge is 0.233 e. The number of aliphatic hydroxyl groups excluding tert-OH is 2. The first-order valence-electron chi connectivity index (χ1n) is 6.18. The Morgan fingerprint density at radius 3 is 2.63 bits per heavy atom. The van der Waals surface area contributed by atoms with E-state index in [1.807, 2.05) is 13.8 Å². The number of ether oxygens (including phenoxy) is 1. The Labute approximate surface area is 110 Å². The van der Waals surface area contributed by atoms with Gasteiger partial charge in [0.05, 0.1) is 12.1 Å². The number of aliphatic hydroxyl groups is 2. The summed E-state index contributed by atoms with van der Waals surface area (Å²) < 4.78 is 5.64. The van der Waals surface area contributed by atoms with Crippen molar-refractivity contribution in [2.45, 2.75) is 56.7 Å². The molecule has 8 nitrogen and oxygen atoms in total. The monoisotopic (exact) mass is 273 g/mol. The van der Waals surface area contributed by atoms with Crippen molar-refractivity contribution in [3.8, 4) is 0 Å². The summed E-state index contributed by atoms with van der Waals surface area (Å²) in [7, 11) is 0. The highest BCUT2D eigenvalue weighted by Gasteiger charge is 2.59. The number of nitroso groups, excluding NO2 is 1. The zero-order chi connectivity index (χ0) is 14.4. The van der Waals surface area contributed by atoms with Crippen molar-refractivity contribution in [1.82, 2.24) is 10.4 Å². The van der Waals surface area contributed by atoms with Gasteiger partial charge in [-0.2, -0.15) is 4.91 Å². The molecule has 19 heavy (non-hydrogen) atoms. The van der Waals surface area contributed by atoms with Crippen LogP contribution in [0.3, 0.4) is 0 Å². The van der Waals surface area contributed by atoms with Gasteiger partial charge in [-0.05, 0) is 13.8 Å². The van der Waals surface area contributed by atoms with E-state index in [2.05, 4.69) is 10.6 Å². The van der Waals surface area contributed by atoms with Crippen LogP contribution in [-0.4, -0.2) is 63.7 Å². The summed E-state index contributed by atoms with van der Waals surface area (Å²) in [4.78, 5) is 22.7. The molecule has 0 aromatic carbocycles. The highest BCUT2D eigenvalue weighted by Crippen LogP contribution is 2.37. The van der Waals surface area contributed by atoms with Crippen molar-refractivity contribution >= 4 is 5.91 Å². The maximum atomic E-state index is 11.6. The fourth-order valence-electron chi connectivity index (χ4n) is 2.85.